The molecule has 0 spiro atoms. The second-order valence-corrected chi connectivity index (χ2v) is 5.79. The van der Waals surface area contributed by atoms with E-state index < -0.39 is 0 Å². The van der Waals surface area contributed by atoms with E-state index in [0.29, 0.717) is 37.8 Å². The molecule has 0 fully saturated rings. The number of urea groups is 1. The summed E-state index contributed by atoms with van der Waals surface area (Å²) in [6.45, 7) is 5.58. The molecule has 1 unspecified atom stereocenters. The van der Waals surface area contributed by atoms with Crippen molar-refractivity contribution >= 4 is 6.03 Å². The minimum atomic E-state index is -0.193. The molecule has 132 valence electrons. The number of para-hydroxylation sites is 2. The molecule has 7 heteroatoms. The Morgan fingerprint density at radius 1 is 1.32 bits per heavy atom. The number of rotatable bonds is 5. The van der Waals surface area contributed by atoms with Crippen LogP contribution in [0.3, 0.4) is 0 Å². The minimum absolute atomic E-state index is 0.152. The van der Waals surface area contributed by atoms with E-state index in [2.05, 4.69) is 15.3 Å². The van der Waals surface area contributed by atoms with Crippen LogP contribution in [0, 0.1) is 6.92 Å². The van der Waals surface area contributed by atoms with E-state index in [0.717, 1.165) is 11.4 Å². The summed E-state index contributed by atoms with van der Waals surface area (Å²) in [5.41, 5.74) is 0.781. The number of hydrogen-bond donors (Lipinski definition) is 1. The Balaban J connectivity index is 1.54. The molecule has 0 saturated heterocycles. The van der Waals surface area contributed by atoms with Gasteiger partial charge in [-0.1, -0.05) is 12.1 Å². The van der Waals surface area contributed by atoms with Crippen molar-refractivity contribution in [3.8, 4) is 11.5 Å². The zero-order valence-electron chi connectivity index (χ0n) is 14.4. The first kappa shape index (κ1) is 17.0. The number of benzene rings is 1. The molecule has 1 aliphatic rings. The second-order valence-electron chi connectivity index (χ2n) is 5.79. The van der Waals surface area contributed by atoms with Crippen LogP contribution in [0.25, 0.3) is 0 Å². The number of hydrogen-bond acceptors (Lipinski definition) is 5. The molecule has 1 N–H and O–H groups in total. The van der Waals surface area contributed by atoms with Gasteiger partial charge in [-0.3, -0.25) is 0 Å². The number of carbonyl (C=O) groups excluding carboxylic acids is 1. The molecule has 1 aromatic carbocycles. The van der Waals surface area contributed by atoms with Crippen LogP contribution >= 0.6 is 0 Å². The van der Waals surface area contributed by atoms with E-state index in [1.165, 1.54) is 0 Å². The highest BCUT2D eigenvalue weighted by molar-refractivity contribution is 5.74. The van der Waals surface area contributed by atoms with Gasteiger partial charge in [0, 0.05) is 12.7 Å². The van der Waals surface area contributed by atoms with Gasteiger partial charge in [0.15, 0.2) is 17.6 Å². The van der Waals surface area contributed by atoms with Crippen molar-refractivity contribution in [1.82, 2.24) is 20.2 Å². The number of likely N-dealkylation sites (N-methyl/N-ethyl adjacent to an activating group) is 1. The predicted molar refractivity (Wildman–Crippen MR) is 92.6 cm³/mol. The molecule has 0 aliphatic carbocycles. The molecule has 2 heterocycles. The van der Waals surface area contributed by atoms with Crippen LogP contribution in [-0.2, 0) is 6.54 Å². The molecular weight excluding hydrogens is 320 g/mol. The van der Waals surface area contributed by atoms with Crippen molar-refractivity contribution in [3.63, 3.8) is 0 Å². The fourth-order valence-electron chi connectivity index (χ4n) is 2.64. The zero-order valence-corrected chi connectivity index (χ0v) is 14.4. The number of ether oxygens (including phenoxy) is 2. The Kier molecular flexibility index (Phi) is 5.33. The molecule has 0 bridgehead atoms. The van der Waals surface area contributed by atoms with Crippen molar-refractivity contribution in [2.75, 3.05) is 19.7 Å². The molecule has 0 saturated carbocycles. The molecule has 7 nitrogen and oxygen atoms in total. The molecule has 3 rings (SSSR count). The van der Waals surface area contributed by atoms with Crippen molar-refractivity contribution in [2.24, 2.45) is 0 Å². The fraction of sp³-hybridized carbons (Fsp3) is 0.389. The SMILES string of the molecule is CCN(CC1COc2ccccc2O1)C(=O)NCc1ccnc(C)n1. The lowest BCUT2D eigenvalue weighted by molar-refractivity contribution is 0.0675. The van der Waals surface area contributed by atoms with E-state index >= 15 is 0 Å². The first-order chi connectivity index (χ1) is 12.2. The number of aromatic nitrogens is 2. The molecular formula is C18H22N4O3. The van der Waals surface area contributed by atoms with E-state index in [4.69, 9.17) is 9.47 Å². The molecule has 2 amide bonds. The second kappa shape index (κ2) is 7.83. The summed E-state index contributed by atoms with van der Waals surface area (Å²) < 4.78 is 11.6. The molecule has 1 aromatic heterocycles. The van der Waals surface area contributed by atoms with Gasteiger partial charge in [0.2, 0.25) is 0 Å². The van der Waals surface area contributed by atoms with Gasteiger partial charge in [-0.15, -0.1) is 0 Å². The van der Waals surface area contributed by atoms with Crippen molar-refractivity contribution in [1.29, 1.82) is 0 Å². The third kappa shape index (κ3) is 4.37. The average Bonchev–Trinajstić information content (AvgIpc) is 2.64. The van der Waals surface area contributed by atoms with Crippen molar-refractivity contribution in [2.45, 2.75) is 26.5 Å². The Morgan fingerprint density at radius 2 is 2.12 bits per heavy atom. The minimum Gasteiger partial charge on any atom is -0.486 e. The van der Waals surface area contributed by atoms with Gasteiger partial charge in [0.25, 0.3) is 0 Å². The van der Waals surface area contributed by atoms with Crippen LogP contribution in [-0.4, -0.2) is 46.7 Å². The first-order valence-electron chi connectivity index (χ1n) is 8.35. The van der Waals surface area contributed by atoms with E-state index in [-0.39, 0.29) is 12.1 Å². The normalized spacial score (nSPS) is 15.5. The number of nitrogens with zero attached hydrogens (tertiary/aromatic N) is 3. The third-order valence-corrected chi connectivity index (χ3v) is 3.91. The monoisotopic (exact) mass is 342 g/mol. The number of fused-ring (bicyclic) bond motifs is 1. The maximum atomic E-state index is 12.4. The lowest BCUT2D eigenvalue weighted by Gasteiger charge is -2.30. The van der Waals surface area contributed by atoms with Crippen molar-refractivity contribution < 1.29 is 14.3 Å². The third-order valence-electron chi connectivity index (χ3n) is 3.91. The van der Waals surface area contributed by atoms with Gasteiger partial charge in [-0.05, 0) is 32.0 Å². The quantitative estimate of drug-likeness (QED) is 0.901. The number of aryl methyl sites for hydroxylation is 1. The highest BCUT2D eigenvalue weighted by Crippen LogP contribution is 2.30. The van der Waals surface area contributed by atoms with Crippen LogP contribution in [0.2, 0.25) is 0 Å². The topological polar surface area (TPSA) is 76.6 Å². The van der Waals surface area contributed by atoms with Crippen molar-refractivity contribution in [3.05, 3.63) is 48.0 Å². The highest BCUT2D eigenvalue weighted by Gasteiger charge is 2.24. The maximum absolute atomic E-state index is 12.4. The molecule has 0 radical (unpaired) electrons. The summed E-state index contributed by atoms with van der Waals surface area (Å²) in [4.78, 5) is 22.5. The Labute approximate surface area is 147 Å². The Hall–Kier alpha value is -2.83. The average molecular weight is 342 g/mol. The summed E-state index contributed by atoms with van der Waals surface area (Å²) in [5.74, 6) is 2.14. The van der Waals surface area contributed by atoms with Gasteiger partial charge in [0.05, 0.1) is 18.8 Å². The van der Waals surface area contributed by atoms with Crippen LogP contribution < -0.4 is 14.8 Å². The van der Waals surface area contributed by atoms with Gasteiger partial charge in [-0.25, -0.2) is 14.8 Å². The lowest BCUT2D eigenvalue weighted by atomic mass is 10.2. The van der Waals surface area contributed by atoms with E-state index in [1.54, 1.807) is 17.2 Å². The van der Waals surface area contributed by atoms with E-state index in [1.807, 2.05) is 38.1 Å². The predicted octanol–water partition coefficient (Wildman–Crippen LogP) is 2.16. The largest absolute Gasteiger partial charge is 0.486 e. The number of nitrogens with one attached hydrogen (secondary N) is 1. The van der Waals surface area contributed by atoms with Gasteiger partial charge in [-0.2, -0.15) is 0 Å². The van der Waals surface area contributed by atoms with Gasteiger partial charge < -0.3 is 19.7 Å². The summed E-state index contributed by atoms with van der Waals surface area (Å²) in [6.07, 6.45) is 1.49. The van der Waals surface area contributed by atoms with Crippen LogP contribution in [0.4, 0.5) is 4.79 Å². The Morgan fingerprint density at radius 3 is 2.88 bits per heavy atom. The summed E-state index contributed by atoms with van der Waals surface area (Å²) in [5, 5.41) is 2.89. The Bertz CT molecular complexity index is 738. The number of amides is 2. The smallest absolute Gasteiger partial charge is 0.317 e. The van der Waals surface area contributed by atoms with Gasteiger partial charge >= 0.3 is 6.03 Å². The number of carbonyl (C=O) groups is 1. The van der Waals surface area contributed by atoms with Crippen LogP contribution in [0.15, 0.2) is 36.5 Å². The fourth-order valence-corrected chi connectivity index (χ4v) is 2.64. The summed E-state index contributed by atoms with van der Waals surface area (Å²) in [6, 6.07) is 9.19. The molecule has 1 atom stereocenters. The van der Waals surface area contributed by atoms with Crippen LogP contribution in [0.5, 0.6) is 11.5 Å². The summed E-state index contributed by atoms with van der Waals surface area (Å²) in [7, 11) is 0. The molecule has 25 heavy (non-hydrogen) atoms. The van der Waals surface area contributed by atoms with E-state index in [9.17, 15) is 4.79 Å². The molecule has 2 aromatic rings. The summed E-state index contributed by atoms with van der Waals surface area (Å²) >= 11 is 0. The molecule has 1 aliphatic heterocycles. The zero-order chi connectivity index (χ0) is 17.6. The standard InChI is InChI=1S/C18H22N4O3/c1-3-22(18(23)20-10-14-8-9-19-13(2)21-14)11-15-12-24-16-6-4-5-7-17(16)25-15/h4-9,15H,3,10-12H2,1-2H3,(H,20,23). The van der Waals surface area contributed by atoms with Crippen LogP contribution in [0.1, 0.15) is 18.4 Å². The lowest BCUT2D eigenvalue weighted by Crippen LogP contribution is -2.47. The first-order valence-corrected chi connectivity index (χ1v) is 8.35. The maximum Gasteiger partial charge on any atom is 0.317 e. The highest BCUT2D eigenvalue weighted by atomic mass is 16.6. The van der Waals surface area contributed by atoms with Gasteiger partial charge in [0.1, 0.15) is 12.4 Å².